The molecule has 0 saturated heterocycles. The maximum atomic E-state index is 14.2. The van der Waals surface area contributed by atoms with Crippen LogP contribution in [0.2, 0.25) is 0 Å². The molecular weight excluding hydrogens is 496 g/mol. The highest BCUT2D eigenvalue weighted by molar-refractivity contribution is 6.09. The van der Waals surface area contributed by atoms with Gasteiger partial charge in [0, 0.05) is 24.1 Å². The number of benzene rings is 2. The Balaban J connectivity index is 1.92. The summed E-state index contributed by atoms with van der Waals surface area (Å²) in [7, 11) is 4.56. The summed E-state index contributed by atoms with van der Waals surface area (Å²) in [6, 6.07) is 8.08. The van der Waals surface area contributed by atoms with Gasteiger partial charge in [-0.25, -0.2) is 4.98 Å². The summed E-state index contributed by atoms with van der Waals surface area (Å²) in [4.78, 5) is 38.2. The highest BCUT2D eigenvalue weighted by Crippen LogP contribution is 2.42. The standard InChI is InChI=1S/C30H36N4O5/c1-19-11-12-23(15-20(19)2)34(30(36)24-18-31-13-14-32-24)27(29(35)33-22-9-7-6-8-10-22)21-16-25(37-3)28(39-5)26(17-21)38-4/h11-18,22,27H,6-10H2,1-5H3,(H,33,35)/t27-/m0/s1. The van der Waals surface area contributed by atoms with Gasteiger partial charge in [0.25, 0.3) is 5.91 Å². The van der Waals surface area contributed by atoms with E-state index >= 15 is 0 Å². The Kier molecular flexibility index (Phi) is 9.01. The molecule has 0 aliphatic heterocycles. The van der Waals surface area contributed by atoms with Crippen LogP contribution < -0.4 is 24.4 Å². The maximum Gasteiger partial charge on any atom is 0.279 e. The zero-order valence-corrected chi connectivity index (χ0v) is 23.2. The van der Waals surface area contributed by atoms with Crippen molar-refractivity contribution in [3.05, 3.63) is 71.3 Å². The van der Waals surface area contributed by atoms with Gasteiger partial charge in [-0.3, -0.25) is 19.5 Å². The number of carbonyl (C=O) groups is 2. The van der Waals surface area contributed by atoms with E-state index in [1.54, 1.807) is 12.1 Å². The first-order valence-corrected chi connectivity index (χ1v) is 13.1. The molecule has 2 aromatic carbocycles. The molecule has 0 spiro atoms. The quantitative estimate of drug-likeness (QED) is 0.416. The lowest BCUT2D eigenvalue weighted by Gasteiger charge is -2.34. The van der Waals surface area contributed by atoms with Crippen LogP contribution in [0.3, 0.4) is 0 Å². The van der Waals surface area contributed by atoms with E-state index in [1.165, 1.54) is 44.8 Å². The fourth-order valence-corrected chi connectivity index (χ4v) is 5.00. The molecule has 1 aliphatic rings. The molecule has 1 N–H and O–H groups in total. The number of hydrogen-bond acceptors (Lipinski definition) is 7. The number of aromatic nitrogens is 2. The van der Waals surface area contributed by atoms with E-state index in [1.807, 2.05) is 32.0 Å². The highest BCUT2D eigenvalue weighted by atomic mass is 16.5. The molecule has 9 nitrogen and oxygen atoms in total. The number of methoxy groups -OCH3 is 3. The lowest BCUT2D eigenvalue weighted by atomic mass is 9.94. The van der Waals surface area contributed by atoms with Crippen LogP contribution in [-0.4, -0.2) is 49.2 Å². The van der Waals surface area contributed by atoms with E-state index in [2.05, 4.69) is 15.3 Å². The Hall–Kier alpha value is -4.14. The van der Waals surface area contributed by atoms with Crippen LogP contribution in [0.25, 0.3) is 0 Å². The summed E-state index contributed by atoms with van der Waals surface area (Å²) in [6.07, 6.45) is 9.43. The zero-order valence-electron chi connectivity index (χ0n) is 23.2. The summed E-state index contributed by atoms with van der Waals surface area (Å²) in [5.74, 6) is 0.410. The van der Waals surface area contributed by atoms with Gasteiger partial charge in [0.05, 0.1) is 27.5 Å². The fourth-order valence-electron chi connectivity index (χ4n) is 5.00. The third-order valence-corrected chi connectivity index (χ3v) is 7.23. The number of hydrogen-bond donors (Lipinski definition) is 1. The van der Waals surface area contributed by atoms with Crippen LogP contribution in [0.4, 0.5) is 5.69 Å². The van der Waals surface area contributed by atoms with Crippen LogP contribution in [0.5, 0.6) is 17.2 Å². The van der Waals surface area contributed by atoms with Gasteiger partial charge in [-0.05, 0) is 67.6 Å². The van der Waals surface area contributed by atoms with Gasteiger partial charge in [0.2, 0.25) is 11.7 Å². The average molecular weight is 533 g/mol. The van der Waals surface area contributed by atoms with E-state index in [-0.39, 0.29) is 17.6 Å². The Morgan fingerprint density at radius 3 is 2.18 bits per heavy atom. The Bertz CT molecular complexity index is 1280. The largest absolute Gasteiger partial charge is 0.493 e. The van der Waals surface area contributed by atoms with Crippen LogP contribution in [0.15, 0.2) is 48.9 Å². The van der Waals surface area contributed by atoms with Gasteiger partial charge in [-0.1, -0.05) is 25.3 Å². The molecule has 2 amide bonds. The SMILES string of the molecule is COc1cc([C@@H](C(=O)NC2CCCCC2)N(C(=O)c2cnccn2)c2ccc(C)c(C)c2)cc(OC)c1OC. The number of rotatable bonds is 9. The first kappa shape index (κ1) is 27.9. The van der Waals surface area contributed by atoms with Crippen molar-refractivity contribution in [3.63, 3.8) is 0 Å². The van der Waals surface area contributed by atoms with Crippen molar-refractivity contribution in [3.8, 4) is 17.2 Å². The monoisotopic (exact) mass is 532 g/mol. The number of ether oxygens (including phenoxy) is 3. The molecule has 1 aliphatic carbocycles. The van der Waals surface area contributed by atoms with Crippen molar-refractivity contribution < 1.29 is 23.8 Å². The molecule has 206 valence electrons. The van der Waals surface area contributed by atoms with Crippen molar-refractivity contribution in [2.45, 2.75) is 58.0 Å². The molecule has 1 saturated carbocycles. The summed E-state index contributed by atoms with van der Waals surface area (Å²) in [5.41, 5.74) is 3.25. The summed E-state index contributed by atoms with van der Waals surface area (Å²) >= 11 is 0. The predicted molar refractivity (Wildman–Crippen MR) is 149 cm³/mol. The summed E-state index contributed by atoms with van der Waals surface area (Å²) < 4.78 is 16.7. The minimum atomic E-state index is -1.06. The minimum absolute atomic E-state index is 0.0315. The molecule has 1 atom stereocenters. The van der Waals surface area contributed by atoms with Crippen molar-refractivity contribution in [2.75, 3.05) is 26.2 Å². The van der Waals surface area contributed by atoms with E-state index < -0.39 is 11.9 Å². The van der Waals surface area contributed by atoms with E-state index in [0.717, 1.165) is 43.2 Å². The number of anilines is 1. The van der Waals surface area contributed by atoms with Crippen molar-refractivity contribution in [1.82, 2.24) is 15.3 Å². The second-order valence-electron chi connectivity index (χ2n) is 9.74. The van der Waals surface area contributed by atoms with E-state index in [4.69, 9.17) is 14.2 Å². The zero-order chi connectivity index (χ0) is 27.9. The molecule has 4 rings (SSSR count). The number of aryl methyl sites for hydroxylation is 2. The number of nitrogens with zero attached hydrogens (tertiary/aromatic N) is 3. The van der Waals surface area contributed by atoms with E-state index in [9.17, 15) is 9.59 Å². The molecular formula is C30H36N4O5. The topological polar surface area (TPSA) is 103 Å². The molecule has 0 bridgehead atoms. The first-order chi connectivity index (χ1) is 18.9. The third kappa shape index (κ3) is 6.13. The van der Waals surface area contributed by atoms with Gasteiger partial charge in [0.1, 0.15) is 11.7 Å². The lowest BCUT2D eigenvalue weighted by molar-refractivity contribution is -0.123. The molecule has 1 fully saturated rings. The maximum absolute atomic E-state index is 14.2. The summed E-state index contributed by atoms with van der Waals surface area (Å²) in [5, 5.41) is 3.22. The first-order valence-electron chi connectivity index (χ1n) is 13.1. The number of carbonyl (C=O) groups excluding carboxylic acids is 2. The molecule has 39 heavy (non-hydrogen) atoms. The number of nitrogens with one attached hydrogen (secondary N) is 1. The smallest absolute Gasteiger partial charge is 0.279 e. The number of amides is 2. The lowest BCUT2D eigenvalue weighted by Crippen LogP contribution is -2.47. The molecule has 1 aromatic heterocycles. The fraction of sp³-hybridized carbons (Fsp3) is 0.400. The minimum Gasteiger partial charge on any atom is -0.493 e. The summed E-state index contributed by atoms with van der Waals surface area (Å²) in [6.45, 7) is 3.97. The van der Waals surface area contributed by atoms with Gasteiger partial charge < -0.3 is 19.5 Å². The second kappa shape index (κ2) is 12.6. The van der Waals surface area contributed by atoms with Crippen LogP contribution in [-0.2, 0) is 4.79 Å². The van der Waals surface area contributed by atoms with E-state index in [0.29, 0.717) is 28.5 Å². The highest BCUT2D eigenvalue weighted by Gasteiger charge is 2.36. The van der Waals surface area contributed by atoms with Crippen LogP contribution in [0.1, 0.15) is 65.3 Å². The Labute approximate surface area is 229 Å². The molecule has 0 radical (unpaired) electrons. The van der Waals surface area contributed by atoms with Gasteiger partial charge in [0.15, 0.2) is 11.5 Å². The van der Waals surface area contributed by atoms with Gasteiger partial charge in [-0.2, -0.15) is 0 Å². The van der Waals surface area contributed by atoms with Crippen LogP contribution in [0, 0.1) is 13.8 Å². The van der Waals surface area contributed by atoms with Crippen molar-refractivity contribution >= 4 is 17.5 Å². The Morgan fingerprint density at radius 1 is 0.923 bits per heavy atom. The average Bonchev–Trinajstić information content (AvgIpc) is 2.97. The normalized spacial score (nSPS) is 14.3. The van der Waals surface area contributed by atoms with Crippen molar-refractivity contribution in [2.24, 2.45) is 0 Å². The Morgan fingerprint density at radius 2 is 1.62 bits per heavy atom. The molecule has 0 unspecified atom stereocenters. The molecule has 3 aromatic rings. The van der Waals surface area contributed by atoms with Crippen molar-refractivity contribution in [1.29, 1.82) is 0 Å². The predicted octanol–water partition coefficient (Wildman–Crippen LogP) is 4.96. The molecule has 9 heteroatoms. The van der Waals surface area contributed by atoms with Gasteiger partial charge in [-0.15, -0.1) is 0 Å². The third-order valence-electron chi connectivity index (χ3n) is 7.23. The molecule has 1 heterocycles. The second-order valence-corrected chi connectivity index (χ2v) is 9.74. The van der Waals surface area contributed by atoms with Gasteiger partial charge >= 0.3 is 0 Å². The van der Waals surface area contributed by atoms with Crippen LogP contribution >= 0.6 is 0 Å².